The van der Waals surface area contributed by atoms with Gasteiger partial charge < -0.3 is 25.8 Å². The van der Waals surface area contributed by atoms with E-state index in [1.807, 2.05) is 13.8 Å². The van der Waals surface area contributed by atoms with Crippen LogP contribution in [0, 0.1) is 5.92 Å². The fourth-order valence-corrected chi connectivity index (χ4v) is 2.68. The first-order valence-electron chi connectivity index (χ1n) is 9.19. The molecule has 0 atom stereocenters. The number of hydrogen-bond acceptors (Lipinski definition) is 5. The number of anilines is 1. The molecule has 0 bridgehead atoms. The Morgan fingerprint density at radius 1 is 1.07 bits per heavy atom. The van der Waals surface area contributed by atoms with Crippen molar-refractivity contribution in [2.75, 3.05) is 25.6 Å². The first-order chi connectivity index (χ1) is 14.2. The van der Waals surface area contributed by atoms with Crippen LogP contribution in [0.5, 0.6) is 11.5 Å². The first-order valence-corrected chi connectivity index (χ1v) is 9.57. The van der Waals surface area contributed by atoms with Crippen molar-refractivity contribution >= 4 is 35.0 Å². The normalized spacial score (nSPS) is 10.4. The maximum Gasteiger partial charge on any atom is 0.255 e. The average molecular weight is 434 g/mol. The minimum absolute atomic E-state index is 0.253. The van der Waals surface area contributed by atoms with Gasteiger partial charge in [-0.25, -0.2) is 0 Å². The Morgan fingerprint density at radius 2 is 1.73 bits per heavy atom. The van der Waals surface area contributed by atoms with Gasteiger partial charge in [0.05, 0.1) is 25.3 Å². The summed E-state index contributed by atoms with van der Waals surface area (Å²) in [6, 6.07) is 9.21. The quantitative estimate of drug-likeness (QED) is 0.561. The zero-order chi connectivity index (χ0) is 22.3. The van der Waals surface area contributed by atoms with E-state index in [9.17, 15) is 14.4 Å². The summed E-state index contributed by atoms with van der Waals surface area (Å²) in [6.07, 6.45) is 0. The van der Waals surface area contributed by atoms with E-state index in [2.05, 4.69) is 10.6 Å². The molecule has 0 aliphatic heterocycles. The minimum Gasteiger partial charge on any atom is -0.493 e. The fraction of sp³-hybridized carbons (Fsp3) is 0.286. The van der Waals surface area contributed by atoms with E-state index >= 15 is 0 Å². The second-order valence-corrected chi connectivity index (χ2v) is 7.28. The highest BCUT2D eigenvalue weighted by molar-refractivity contribution is 6.32. The molecule has 9 heteroatoms. The molecular formula is C21H24ClN3O5. The Hall–Kier alpha value is -3.26. The van der Waals surface area contributed by atoms with Crippen LogP contribution in [0.3, 0.4) is 0 Å². The van der Waals surface area contributed by atoms with Gasteiger partial charge in [0.15, 0.2) is 11.5 Å². The molecule has 0 spiro atoms. The topological polar surface area (TPSA) is 120 Å². The van der Waals surface area contributed by atoms with Crippen molar-refractivity contribution in [3.05, 3.63) is 52.5 Å². The van der Waals surface area contributed by atoms with Crippen molar-refractivity contribution in [1.29, 1.82) is 0 Å². The van der Waals surface area contributed by atoms with Crippen LogP contribution in [0.1, 0.15) is 34.6 Å². The molecule has 160 valence electrons. The predicted molar refractivity (Wildman–Crippen MR) is 114 cm³/mol. The van der Waals surface area contributed by atoms with E-state index < -0.39 is 17.7 Å². The molecule has 2 aromatic rings. The van der Waals surface area contributed by atoms with Crippen molar-refractivity contribution in [2.24, 2.45) is 11.7 Å². The molecule has 0 saturated carbocycles. The minimum atomic E-state index is -0.637. The third-order valence-electron chi connectivity index (χ3n) is 3.88. The van der Waals surface area contributed by atoms with E-state index in [0.717, 1.165) is 0 Å². The van der Waals surface area contributed by atoms with E-state index in [-0.39, 0.29) is 17.1 Å². The lowest BCUT2D eigenvalue weighted by atomic mass is 10.1. The summed E-state index contributed by atoms with van der Waals surface area (Å²) >= 11 is 6.29. The van der Waals surface area contributed by atoms with Gasteiger partial charge in [0, 0.05) is 16.8 Å². The second-order valence-electron chi connectivity index (χ2n) is 6.87. The number of rotatable bonds is 9. The first kappa shape index (κ1) is 23.0. The largest absolute Gasteiger partial charge is 0.493 e. The smallest absolute Gasteiger partial charge is 0.255 e. The number of methoxy groups -OCH3 is 1. The van der Waals surface area contributed by atoms with Crippen LogP contribution in [-0.2, 0) is 4.79 Å². The van der Waals surface area contributed by atoms with Gasteiger partial charge in [-0.15, -0.1) is 0 Å². The van der Waals surface area contributed by atoms with Crippen molar-refractivity contribution in [1.82, 2.24) is 5.32 Å². The summed E-state index contributed by atoms with van der Waals surface area (Å²) < 4.78 is 11.0. The molecule has 0 aromatic heterocycles. The van der Waals surface area contributed by atoms with Gasteiger partial charge in [-0.3, -0.25) is 14.4 Å². The average Bonchev–Trinajstić information content (AvgIpc) is 2.70. The summed E-state index contributed by atoms with van der Waals surface area (Å²) in [6.45, 7) is 4.22. The molecule has 0 aliphatic rings. The van der Waals surface area contributed by atoms with E-state index in [4.69, 9.17) is 26.8 Å². The van der Waals surface area contributed by atoms with E-state index in [0.29, 0.717) is 35.3 Å². The SMILES string of the molecule is COc1cc(C(=O)Nc2ccc(C(=O)NCC(N)=O)cc2)cc(Cl)c1OCC(C)C. The van der Waals surface area contributed by atoms with Crippen LogP contribution in [0.15, 0.2) is 36.4 Å². The highest BCUT2D eigenvalue weighted by Crippen LogP contribution is 2.37. The van der Waals surface area contributed by atoms with Crippen molar-refractivity contribution in [3.63, 3.8) is 0 Å². The van der Waals surface area contributed by atoms with Crippen LogP contribution < -0.4 is 25.8 Å². The van der Waals surface area contributed by atoms with E-state index in [1.165, 1.54) is 25.3 Å². The van der Waals surface area contributed by atoms with E-state index in [1.54, 1.807) is 18.2 Å². The van der Waals surface area contributed by atoms with Gasteiger partial charge >= 0.3 is 0 Å². The lowest BCUT2D eigenvalue weighted by Gasteiger charge is -2.15. The number of amides is 3. The number of hydrogen-bond donors (Lipinski definition) is 3. The number of carbonyl (C=O) groups is 3. The Kier molecular flexibility index (Phi) is 8.06. The number of halogens is 1. The summed E-state index contributed by atoms with van der Waals surface area (Å²) in [7, 11) is 1.47. The standard InChI is InChI=1S/C21H24ClN3O5/c1-12(2)11-30-19-16(22)8-14(9-17(19)29-3)21(28)25-15-6-4-13(5-7-15)20(27)24-10-18(23)26/h4-9,12H,10-11H2,1-3H3,(H2,23,26)(H,24,27)(H,25,28). The maximum absolute atomic E-state index is 12.6. The van der Waals surface area contributed by atoms with Gasteiger partial charge in [0.2, 0.25) is 5.91 Å². The molecule has 30 heavy (non-hydrogen) atoms. The third-order valence-corrected chi connectivity index (χ3v) is 4.16. The van der Waals surface area contributed by atoms with Gasteiger partial charge in [-0.2, -0.15) is 0 Å². The van der Waals surface area contributed by atoms with Crippen LogP contribution in [0.25, 0.3) is 0 Å². The second kappa shape index (κ2) is 10.5. The van der Waals surface area contributed by atoms with Crippen LogP contribution in [-0.4, -0.2) is 38.0 Å². The number of carbonyl (C=O) groups excluding carboxylic acids is 3. The van der Waals surface area contributed by atoms with Crippen molar-refractivity contribution < 1.29 is 23.9 Å². The van der Waals surface area contributed by atoms with Gasteiger partial charge in [0.25, 0.3) is 11.8 Å². The fourth-order valence-electron chi connectivity index (χ4n) is 2.42. The van der Waals surface area contributed by atoms with Gasteiger partial charge in [-0.05, 0) is 42.3 Å². The molecule has 0 unspecified atom stereocenters. The Balaban J connectivity index is 2.11. The predicted octanol–water partition coefficient (Wildman–Crippen LogP) is 2.85. The Morgan fingerprint density at radius 3 is 2.30 bits per heavy atom. The molecule has 0 heterocycles. The highest BCUT2D eigenvalue weighted by Gasteiger charge is 2.17. The van der Waals surface area contributed by atoms with Crippen LogP contribution >= 0.6 is 11.6 Å². The molecule has 2 aromatic carbocycles. The summed E-state index contributed by atoms with van der Waals surface area (Å²) in [5, 5.41) is 5.37. The molecule has 0 saturated heterocycles. The van der Waals surface area contributed by atoms with Crippen molar-refractivity contribution in [2.45, 2.75) is 13.8 Å². The molecule has 0 radical (unpaired) electrons. The summed E-state index contributed by atoms with van der Waals surface area (Å²) in [5.74, 6) is -0.446. The monoisotopic (exact) mass is 433 g/mol. The molecule has 2 rings (SSSR count). The summed E-state index contributed by atoms with van der Waals surface area (Å²) in [4.78, 5) is 35.2. The molecule has 4 N–H and O–H groups in total. The van der Waals surface area contributed by atoms with Crippen molar-refractivity contribution in [3.8, 4) is 11.5 Å². The Bertz CT molecular complexity index is 929. The lowest BCUT2D eigenvalue weighted by Crippen LogP contribution is -2.33. The summed E-state index contributed by atoms with van der Waals surface area (Å²) in [5.41, 5.74) is 6.08. The number of nitrogens with two attached hydrogens (primary N) is 1. The number of primary amides is 1. The van der Waals surface area contributed by atoms with Gasteiger partial charge in [-0.1, -0.05) is 25.4 Å². The molecule has 0 aliphatic carbocycles. The van der Waals surface area contributed by atoms with Crippen LogP contribution in [0.2, 0.25) is 5.02 Å². The lowest BCUT2D eigenvalue weighted by molar-refractivity contribution is -0.117. The maximum atomic E-state index is 12.6. The molecule has 8 nitrogen and oxygen atoms in total. The highest BCUT2D eigenvalue weighted by atomic mass is 35.5. The number of ether oxygens (including phenoxy) is 2. The molecule has 0 fully saturated rings. The molecular weight excluding hydrogens is 410 g/mol. The third kappa shape index (κ3) is 6.38. The van der Waals surface area contributed by atoms with Gasteiger partial charge in [0.1, 0.15) is 0 Å². The zero-order valence-electron chi connectivity index (χ0n) is 17.0. The molecule has 3 amide bonds. The van der Waals surface area contributed by atoms with Crippen LogP contribution in [0.4, 0.5) is 5.69 Å². The number of nitrogens with one attached hydrogen (secondary N) is 2. The number of benzene rings is 2. The Labute approximate surface area is 179 Å². The zero-order valence-corrected chi connectivity index (χ0v) is 17.7.